The molecule has 0 heterocycles. The first-order chi connectivity index (χ1) is 15.8. The molecule has 0 radical (unpaired) electrons. The zero-order valence-electron chi connectivity index (χ0n) is 20.5. The number of hydrogen-bond donors (Lipinski definition) is 1. The van der Waals surface area contributed by atoms with E-state index < -0.39 is 11.6 Å². The topological polar surface area (TPSA) is 58.6 Å². The highest BCUT2D eigenvalue weighted by Crippen LogP contribution is 2.29. The third-order valence-electron chi connectivity index (χ3n) is 5.19. The quantitative estimate of drug-likeness (QED) is 0.353. The van der Waals surface area contributed by atoms with E-state index in [1.165, 1.54) is 4.90 Å². The van der Waals surface area contributed by atoms with Crippen LogP contribution in [0.4, 0.5) is 0 Å². The second-order valence-corrected chi connectivity index (χ2v) is 11.2. The summed E-state index contributed by atoms with van der Waals surface area (Å²) in [6.45, 7) is 11.8. The number of amides is 2. The Morgan fingerprint density at radius 2 is 1.76 bits per heavy atom. The van der Waals surface area contributed by atoms with Crippen LogP contribution >= 0.6 is 39.1 Å². The van der Waals surface area contributed by atoms with Crippen LogP contribution in [0.15, 0.2) is 40.9 Å². The maximum atomic E-state index is 13.4. The molecule has 0 fully saturated rings. The molecule has 0 bridgehead atoms. The van der Waals surface area contributed by atoms with Crippen LogP contribution in [0.1, 0.15) is 65.0 Å². The van der Waals surface area contributed by atoms with Crippen molar-refractivity contribution in [2.75, 3.05) is 6.61 Å². The molecular formula is C26H33BrCl2N2O3. The van der Waals surface area contributed by atoms with Crippen molar-refractivity contribution in [2.45, 2.75) is 72.0 Å². The molecule has 0 spiro atoms. The van der Waals surface area contributed by atoms with Gasteiger partial charge in [0.1, 0.15) is 11.8 Å². The van der Waals surface area contributed by atoms with Gasteiger partial charge in [0.05, 0.1) is 14.5 Å². The van der Waals surface area contributed by atoms with Gasteiger partial charge < -0.3 is 15.0 Å². The van der Waals surface area contributed by atoms with E-state index in [0.717, 1.165) is 15.6 Å². The summed E-state index contributed by atoms with van der Waals surface area (Å²) >= 11 is 15.8. The van der Waals surface area contributed by atoms with Gasteiger partial charge >= 0.3 is 0 Å². The summed E-state index contributed by atoms with van der Waals surface area (Å²) in [7, 11) is 0. The van der Waals surface area contributed by atoms with Crippen molar-refractivity contribution in [3.05, 3.63) is 62.0 Å². The number of nitrogens with zero attached hydrogens (tertiary/aromatic N) is 1. The first-order valence-corrected chi connectivity index (χ1v) is 12.8. The van der Waals surface area contributed by atoms with Crippen LogP contribution in [0.5, 0.6) is 5.75 Å². The highest BCUT2D eigenvalue weighted by molar-refractivity contribution is 9.10. The van der Waals surface area contributed by atoms with Crippen LogP contribution in [0.3, 0.4) is 0 Å². The highest BCUT2D eigenvalue weighted by atomic mass is 79.9. The normalized spacial score (nSPS) is 12.4. The number of carbonyl (C=O) groups is 2. The van der Waals surface area contributed by atoms with Crippen molar-refractivity contribution in [1.29, 1.82) is 0 Å². The molecule has 0 aliphatic carbocycles. The molecule has 0 saturated carbocycles. The van der Waals surface area contributed by atoms with E-state index in [2.05, 4.69) is 35.1 Å². The molecule has 0 aromatic heterocycles. The van der Waals surface area contributed by atoms with E-state index in [0.29, 0.717) is 28.1 Å². The summed E-state index contributed by atoms with van der Waals surface area (Å²) in [6.07, 6.45) is 0.446. The average Bonchev–Trinajstić information content (AvgIpc) is 2.73. The molecule has 2 aromatic carbocycles. The zero-order chi connectivity index (χ0) is 25.6. The fourth-order valence-corrected chi connectivity index (χ4v) is 4.25. The first kappa shape index (κ1) is 28.5. The van der Waals surface area contributed by atoms with Crippen LogP contribution < -0.4 is 10.1 Å². The summed E-state index contributed by atoms with van der Waals surface area (Å²) < 4.78 is 6.63. The molecule has 2 aromatic rings. The lowest BCUT2D eigenvalue weighted by atomic mass is 10.0. The molecule has 0 unspecified atom stereocenters. The lowest BCUT2D eigenvalue weighted by Crippen LogP contribution is -2.54. The zero-order valence-corrected chi connectivity index (χ0v) is 23.6. The number of rotatable bonds is 9. The predicted octanol–water partition coefficient (Wildman–Crippen LogP) is 6.98. The maximum absolute atomic E-state index is 13.4. The number of carbonyl (C=O) groups excluding carboxylic acids is 2. The molecule has 8 heteroatoms. The number of benzene rings is 2. The van der Waals surface area contributed by atoms with Crippen molar-refractivity contribution in [1.82, 2.24) is 10.2 Å². The Hall–Kier alpha value is -1.76. The fraction of sp³-hybridized carbons (Fsp3) is 0.462. The maximum Gasteiger partial charge on any atom is 0.261 e. The molecular weight excluding hydrogens is 539 g/mol. The molecule has 34 heavy (non-hydrogen) atoms. The fourth-order valence-electron chi connectivity index (χ4n) is 3.42. The summed E-state index contributed by atoms with van der Waals surface area (Å²) in [5.74, 6) is 0.424. The second-order valence-electron chi connectivity index (χ2n) is 9.57. The van der Waals surface area contributed by atoms with E-state index in [4.69, 9.17) is 27.9 Å². The Morgan fingerprint density at radius 3 is 2.29 bits per heavy atom. The first-order valence-electron chi connectivity index (χ1n) is 11.3. The smallest absolute Gasteiger partial charge is 0.261 e. The molecule has 1 N–H and O–H groups in total. The van der Waals surface area contributed by atoms with Crippen LogP contribution in [-0.4, -0.2) is 34.9 Å². The number of hydrogen-bond acceptors (Lipinski definition) is 3. The minimum Gasteiger partial charge on any atom is -0.483 e. The molecule has 0 saturated heterocycles. The van der Waals surface area contributed by atoms with Gasteiger partial charge in [0.2, 0.25) is 5.91 Å². The van der Waals surface area contributed by atoms with Crippen LogP contribution in [0.25, 0.3) is 0 Å². The Balaban J connectivity index is 2.28. The monoisotopic (exact) mass is 570 g/mol. The van der Waals surface area contributed by atoms with E-state index in [1.807, 2.05) is 45.9 Å². The van der Waals surface area contributed by atoms with Crippen molar-refractivity contribution in [3.63, 3.8) is 0 Å². The van der Waals surface area contributed by atoms with E-state index in [9.17, 15) is 9.59 Å². The van der Waals surface area contributed by atoms with Crippen molar-refractivity contribution in [3.8, 4) is 5.75 Å². The summed E-state index contributed by atoms with van der Waals surface area (Å²) in [5.41, 5.74) is 1.51. The van der Waals surface area contributed by atoms with E-state index >= 15 is 0 Å². The molecule has 2 amide bonds. The largest absolute Gasteiger partial charge is 0.483 e. The van der Waals surface area contributed by atoms with Gasteiger partial charge in [-0.15, -0.1) is 0 Å². The average molecular weight is 572 g/mol. The minimum absolute atomic E-state index is 0.197. The Bertz CT molecular complexity index is 1020. The third-order valence-corrected chi connectivity index (χ3v) is 6.55. The van der Waals surface area contributed by atoms with Gasteiger partial charge in [0.25, 0.3) is 5.91 Å². The van der Waals surface area contributed by atoms with Gasteiger partial charge in [-0.1, -0.05) is 56.1 Å². The van der Waals surface area contributed by atoms with E-state index in [1.54, 1.807) is 18.2 Å². The third kappa shape index (κ3) is 8.17. The van der Waals surface area contributed by atoms with Gasteiger partial charge in [-0.25, -0.2) is 0 Å². The Morgan fingerprint density at radius 1 is 1.09 bits per heavy atom. The van der Waals surface area contributed by atoms with Crippen molar-refractivity contribution in [2.24, 2.45) is 0 Å². The lowest BCUT2D eigenvalue weighted by molar-refractivity contribution is -0.143. The van der Waals surface area contributed by atoms with Gasteiger partial charge in [0, 0.05) is 12.1 Å². The molecule has 0 aliphatic heterocycles. The van der Waals surface area contributed by atoms with Gasteiger partial charge in [-0.05, 0) is 84.4 Å². The summed E-state index contributed by atoms with van der Waals surface area (Å²) in [5, 5.41) is 3.81. The number of ether oxygens (including phenoxy) is 1. The van der Waals surface area contributed by atoms with Crippen LogP contribution in [-0.2, 0) is 16.1 Å². The SMILES string of the molecule is CC[C@H](C(=O)NC(C)(C)C)N(Cc1ccc(Cl)c(Cl)c1)C(=O)COc1ccc(C(C)C)cc1Br. The van der Waals surface area contributed by atoms with Crippen LogP contribution in [0.2, 0.25) is 10.0 Å². The second kappa shape index (κ2) is 12.3. The van der Waals surface area contributed by atoms with Gasteiger partial charge in [-0.2, -0.15) is 0 Å². The standard InChI is InChI=1S/C26H33BrCl2N2O3/c1-7-22(25(33)30-26(4,5)6)31(14-17-8-10-20(28)21(29)12-17)24(32)15-34-23-11-9-18(16(2)3)13-19(23)27/h8-13,16,22H,7,14-15H2,1-6H3,(H,30,33)/t22-/m1/s1. The summed E-state index contributed by atoms with van der Waals surface area (Å²) in [4.78, 5) is 28.0. The van der Waals surface area contributed by atoms with E-state index in [-0.39, 0.29) is 25.0 Å². The molecule has 2 rings (SSSR count). The Kier molecular flexibility index (Phi) is 10.3. The minimum atomic E-state index is -0.670. The summed E-state index contributed by atoms with van der Waals surface area (Å²) in [6, 6.07) is 10.3. The molecule has 5 nitrogen and oxygen atoms in total. The number of nitrogens with one attached hydrogen (secondary N) is 1. The molecule has 186 valence electrons. The van der Waals surface area contributed by atoms with Crippen LogP contribution in [0, 0.1) is 0 Å². The Labute approximate surface area is 221 Å². The van der Waals surface area contributed by atoms with Crippen molar-refractivity contribution >= 4 is 50.9 Å². The number of halogens is 3. The predicted molar refractivity (Wildman–Crippen MR) is 143 cm³/mol. The van der Waals surface area contributed by atoms with Gasteiger partial charge in [0.15, 0.2) is 6.61 Å². The van der Waals surface area contributed by atoms with Crippen molar-refractivity contribution < 1.29 is 14.3 Å². The van der Waals surface area contributed by atoms with Gasteiger partial charge in [-0.3, -0.25) is 9.59 Å². The highest BCUT2D eigenvalue weighted by Gasteiger charge is 2.31. The molecule has 0 aliphatic rings. The lowest BCUT2D eigenvalue weighted by Gasteiger charge is -2.33. The molecule has 1 atom stereocenters.